The minimum absolute atomic E-state index is 0.0944. The Kier molecular flexibility index (Phi) is 3.34. The highest BCUT2D eigenvalue weighted by Gasteiger charge is 2.48. The molecule has 0 radical (unpaired) electrons. The third-order valence-corrected chi connectivity index (χ3v) is 5.85. The molecule has 2 rings (SSSR count). The molecule has 1 aromatic heterocycles. The summed E-state index contributed by atoms with van der Waals surface area (Å²) in [6.07, 6.45) is 0. The van der Waals surface area contributed by atoms with Crippen LogP contribution >= 0.6 is 0 Å². The monoisotopic (exact) mass is 305 g/mol. The van der Waals surface area contributed by atoms with E-state index in [1.165, 1.54) is 12.1 Å². The number of benzene rings is 1. The molecule has 94 valence electrons. The third-order valence-electron chi connectivity index (χ3n) is 2.62. The molecule has 0 N–H and O–H groups in total. The van der Waals surface area contributed by atoms with Crippen LogP contribution in [0.4, 0.5) is 13.2 Å². The van der Waals surface area contributed by atoms with Gasteiger partial charge in [0.25, 0.3) is 32.6 Å². The Bertz CT molecular complexity index is 721. The van der Waals surface area contributed by atoms with Crippen LogP contribution in [0.15, 0.2) is 24.3 Å². The third kappa shape index (κ3) is 2.11. The van der Waals surface area contributed by atoms with Crippen molar-refractivity contribution in [2.24, 2.45) is 0 Å². The highest BCUT2D eigenvalue weighted by Crippen LogP contribution is 2.27. The molecule has 0 aliphatic heterocycles. The molecule has 3 nitrogen and oxygen atoms in total. The topological polar surface area (TPSA) is 39.1 Å². The zero-order valence-electron chi connectivity index (χ0n) is 9.62. The number of aromatic nitrogens is 1. The van der Waals surface area contributed by atoms with Gasteiger partial charge in [-0.3, -0.25) is 3.97 Å². The van der Waals surface area contributed by atoms with E-state index in [-0.39, 0.29) is 26.4 Å². The van der Waals surface area contributed by atoms with E-state index in [0.29, 0.717) is 9.36 Å². The minimum Gasteiger partial charge on any atom is -0.252 e. The Morgan fingerprint density at radius 3 is 2.28 bits per heavy atom. The van der Waals surface area contributed by atoms with Gasteiger partial charge in [-0.25, -0.2) is 0 Å². The Balaban J connectivity index is 2.85. The number of halogens is 3. The number of alkyl halides is 3. The van der Waals surface area contributed by atoms with Crippen LogP contribution in [0.3, 0.4) is 0 Å². The quantitative estimate of drug-likeness (QED) is 0.625. The van der Waals surface area contributed by atoms with Crippen molar-refractivity contribution in [1.29, 1.82) is 0 Å². The van der Waals surface area contributed by atoms with E-state index in [9.17, 15) is 21.6 Å². The predicted octanol–water partition coefficient (Wildman–Crippen LogP) is -1.14. The van der Waals surface area contributed by atoms with Crippen molar-refractivity contribution in [2.45, 2.75) is 5.51 Å². The van der Waals surface area contributed by atoms with Gasteiger partial charge in [0.2, 0.25) is 0 Å². The first-order valence-corrected chi connectivity index (χ1v) is 8.49. The maximum Gasteiger partial charge on any atom is 0.517 e. The van der Waals surface area contributed by atoms with Crippen molar-refractivity contribution in [1.82, 2.24) is 3.97 Å². The molecule has 9 heteroatoms. The summed E-state index contributed by atoms with van der Waals surface area (Å²) in [7, 11) is -5.34. The molecule has 0 atom stereocenters. The molecule has 0 amide bonds. The van der Waals surface area contributed by atoms with Gasteiger partial charge in [0.1, 0.15) is 0 Å². The van der Waals surface area contributed by atoms with Crippen molar-refractivity contribution >= 4 is 62.5 Å². The summed E-state index contributed by atoms with van der Waals surface area (Å²) in [5, 5.41) is 0.542. The van der Waals surface area contributed by atoms with E-state index in [2.05, 4.69) is 0 Å². The van der Waals surface area contributed by atoms with Crippen LogP contribution in [0.2, 0.25) is 0 Å². The molecule has 18 heavy (non-hydrogen) atoms. The molecule has 0 unspecified atom stereocenters. The van der Waals surface area contributed by atoms with Gasteiger partial charge in [-0.15, -0.1) is 4.43 Å². The van der Waals surface area contributed by atoms with Crippen molar-refractivity contribution < 1.29 is 21.6 Å². The Hall–Kier alpha value is -0.435. The number of hydrogen-bond acceptors (Lipinski definition) is 2. The van der Waals surface area contributed by atoms with E-state index in [4.69, 9.17) is 0 Å². The number of hydrogen-bond donors (Lipinski definition) is 0. The van der Waals surface area contributed by atoms with Crippen molar-refractivity contribution in [3.63, 3.8) is 0 Å². The lowest BCUT2D eigenvalue weighted by molar-refractivity contribution is -0.0444. The molecular formula is C9H8Al2F3NO2S. The van der Waals surface area contributed by atoms with Crippen LogP contribution in [0.5, 0.6) is 0 Å². The molecule has 0 fully saturated rings. The molecule has 0 saturated heterocycles. The van der Waals surface area contributed by atoms with Crippen LogP contribution in [0.1, 0.15) is 0 Å². The van der Waals surface area contributed by atoms with Crippen LogP contribution in [-0.2, 0) is 10.0 Å². The van der Waals surface area contributed by atoms with Gasteiger partial charge in [0.05, 0.1) is 5.52 Å². The van der Waals surface area contributed by atoms with Gasteiger partial charge >= 0.3 is 15.5 Å². The fourth-order valence-electron chi connectivity index (χ4n) is 1.87. The normalized spacial score (nSPS) is 13.1. The maximum absolute atomic E-state index is 12.6. The summed E-state index contributed by atoms with van der Waals surface area (Å²) in [5.74, 6) is 0. The van der Waals surface area contributed by atoms with Crippen LogP contribution in [-0.4, -0.2) is 50.5 Å². The van der Waals surface area contributed by atoms with E-state index in [1.54, 1.807) is 12.1 Å². The van der Waals surface area contributed by atoms with Gasteiger partial charge in [-0.1, -0.05) is 18.2 Å². The predicted molar refractivity (Wildman–Crippen MR) is 68.7 cm³/mol. The molecular weight excluding hydrogens is 297 g/mol. The first-order chi connectivity index (χ1) is 8.14. The lowest BCUT2D eigenvalue weighted by atomic mass is 10.2. The fraction of sp³-hybridized carbons (Fsp3) is 0.111. The van der Waals surface area contributed by atoms with E-state index in [0.717, 1.165) is 20.7 Å². The average Bonchev–Trinajstić information content (AvgIpc) is 2.51. The summed E-state index contributed by atoms with van der Waals surface area (Å²) in [4.78, 5) is 0. The number of rotatable bonds is 1. The van der Waals surface area contributed by atoms with Gasteiger partial charge in [0.15, 0.2) is 0 Å². The summed E-state index contributed by atoms with van der Waals surface area (Å²) < 4.78 is 62.4. The second-order valence-corrected chi connectivity index (χ2v) is 8.02. The Labute approximate surface area is 117 Å². The van der Waals surface area contributed by atoms with Crippen molar-refractivity contribution in [3.05, 3.63) is 24.3 Å². The second kappa shape index (κ2) is 4.30. The first kappa shape index (κ1) is 14.0. The molecule has 1 aromatic carbocycles. The molecule has 0 bridgehead atoms. The SMILES string of the molecule is O=S(=O)(n1[c]([AlH2])cc2c[c]([AlH2])ccc21)C(F)(F)F. The second-order valence-electron chi connectivity index (χ2n) is 4.06. The zero-order chi connectivity index (χ0) is 13.7. The van der Waals surface area contributed by atoms with Gasteiger partial charge < -0.3 is 0 Å². The lowest BCUT2D eigenvalue weighted by Gasteiger charge is -2.12. The highest BCUT2D eigenvalue weighted by atomic mass is 32.2. The molecule has 0 aliphatic carbocycles. The number of nitrogens with zero attached hydrogens (tertiary/aromatic N) is 1. The summed E-state index contributed by atoms with van der Waals surface area (Å²) in [5.41, 5.74) is -5.19. The number of fused-ring (bicyclic) bond motifs is 1. The highest BCUT2D eigenvalue weighted by molar-refractivity contribution is 7.91. The molecule has 2 aromatic rings. The summed E-state index contributed by atoms with van der Waals surface area (Å²) in [6.45, 7) is 0. The van der Waals surface area contributed by atoms with E-state index >= 15 is 0 Å². The maximum atomic E-state index is 12.6. The van der Waals surface area contributed by atoms with Gasteiger partial charge in [-0.05, 0) is 16.0 Å². The first-order valence-electron chi connectivity index (χ1n) is 5.05. The summed E-state index contributed by atoms with van der Waals surface area (Å²) in [6, 6.07) is 6.32. The van der Waals surface area contributed by atoms with Gasteiger partial charge in [-0.2, -0.15) is 21.6 Å². The lowest BCUT2D eigenvalue weighted by Crippen LogP contribution is -2.35. The van der Waals surface area contributed by atoms with Gasteiger partial charge in [0, 0.05) is 0 Å². The standard InChI is InChI=1S/C9H4F3NO2S.2Al.4H/c10-9(11,12)16(14,15)13-6-5-7-3-1-2-4-8(7)13;;;;;;/h2-5H;;;;;;. The smallest absolute Gasteiger partial charge is 0.252 e. The average molecular weight is 305 g/mol. The molecule has 0 saturated carbocycles. The molecule has 1 heterocycles. The van der Waals surface area contributed by atoms with Crippen molar-refractivity contribution in [3.8, 4) is 0 Å². The van der Waals surface area contributed by atoms with Crippen molar-refractivity contribution in [2.75, 3.05) is 0 Å². The zero-order valence-corrected chi connectivity index (χ0v) is 14.4. The largest absolute Gasteiger partial charge is 0.517 e. The van der Waals surface area contributed by atoms with Crippen LogP contribution < -0.4 is 8.98 Å². The fourth-order valence-corrected chi connectivity index (χ4v) is 4.69. The van der Waals surface area contributed by atoms with E-state index < -0.39 is 15.5 Å². The Morgan fingerprint density at radius 2 is 1.72 bits per heavy atom. The Morgan fingerprint density at radius 1 is 1.11 bits per heavy atom. The van der Waals surface area contributed by atoms with Crippen LogP contribution in [0.25, 0.3) is 10.9 Å². The van der Waals surface area contributed by atoms with E-state index in [1.807, 2.05) is 0 Å². The van der Waals surface area contributed by atoms with Crippen LogP contribution in [0, 0.1) is 0 Å². The molecule has 0 spiro atoms. The minimum atomic E-state index is -5.34. The molecule has 0 aliphatic rings. The summed E-state index contributed by atoms with van der Waals surface area (Å²) >= 11 is 0.983.